The lowest BCUT2D eigenvalue weighted by Gasteiger charge is -2.17. The Kier molecular flexibility index (Phi) is 1.93. The summed E-state index contributed by atoms with van der Waals surface area (Å²) in [5.41, 5.74) is -0.0210. The van der Waals surface area contributed by atoms with Crippen molar-refractivity contribution < 1.29 is 14.0 Å². The van der Waals surface area contributed by atoms with Gasteiger partial charge in [0.1, 0.15) is 17.1 Å². The van der Waals surface area contributed by atoms with Gasteiger partial charge in [-0.25, -0.2) is 0 Å². The number of furan rings is 1. The Morgan fingerprint density at radius 2 is 2.29 bits per heavy atom. The zero-order chi connectivity index (χ0) is 10.2. The van der Waals surface area contributed by atoms with Crippen LogP contribution < -0.4 is 0 Å². The summed E-state index contributed by atoms with van der Waals surface area (Å²) in [5.74, 6) is 0.670. The molecule has 0 aliphatic heterocycles. The first-order chi connectivity index (χ1) is 6.60. The molecule has 0 radical (unpaired) electrons. The monoisotopic (exact) mass is 193 g/mol. The van der Waals surface area contributed by atoms with Crippen LogP contribution in [0.2, 0.25) is 0 Å². The van der Waals surface area contributed by atoms with E-state index in [2.05, 4.69) is 5.16 Å². The van der Waals surface area contributed by atoms with Crippen LogP contribution in [0.3, 0.4) is 0 Å². The molecule has 0 saturated carbocycles. The van der Waals surface area contributed by atoms with Crippen LogP contribution in [0.4, 0.5) is 0 Å². The van der Waals surface area contributed by atoms with Crippen LogP contribution in [0.1, 0.15) is 23.9 Å². The predicted octanol–water partition coefficient (Wildman–Crippen LogP) is 1.83. The van der Waals surface area contributed by atoms with Gasteiger partial charge >= 0.3 is 0 Å². The molecule has 2 aromatic heterocycles. The smallest absolute Gasteiger partial charge is 0.135 e. The van der Waals surface area contributed by atoms with Gasteiger partial charge in [-0.2, -0.15) is 0 Å². The third kappa shape index (κ3) is 1.33. The summed E-state index contributed by atoms with van der Waals surface area (Å²) in [7, 11) is 0. The fraction of sp³-hybridized carbons (Fsp3) is 0.300. The highest BCUT2D eigenvalue weighted by atomic mass is 16.5. The van der Waals surface area contributed by atoms with Crippen molar-refractivity contribution in [2.75, 3.05) is 0 Å². The van der Waals surface area contributed by atoms with Crippen LogP contribution >= 0.6 is 0 Å². The highest BCUT2D eigenvalue weighted by molar-refractivity contribution is 5.27. The topological polar surface area (TPSA) is 59.4 Å². The van der Waals surface area contributed by atoms with Crippen molar-refractivity contribution in [3.05, 3.63) is 41.7 Å². The standard InChI is InChI=1S/C10H11NO3/c1-7-5-9(11-14-7)10(2,12)8-3-4-13-6-8/h3-6,12H,1-2H3. The number of aryl methyl sites for hydroxylation is 1. The summed E-state index contributed by atoms with van der Waals surface area (Å²) in [4.78, 5) is 0. The van der Waals surface area contributed by atoms with Crippen molar-refractivity contribution in [1.82, 2.24) is 5.16 Å². The highest BCUT2D eigenvalue weighted by Gasteiger charge is 2.30. The minimum Gasteiger partial charge on any atom is -0.472 e. The number of aliphatic hydroxyl groups is 1. The van der Waals surface area contributed by atoms with E-state index >= 15 is 0 Å². The molecule has 0 bridgehead atoms. The molecule has 0 aliphatic carbocycles. The fourth-order valence-electron chi connectivity index (χ4n) is 1.29. The van der Waals surface area contributed by atoms with Crippen molar-refractivity contribution >= 4 is 0 Å². The SMILES string of the molecule is Cc1cc(C(C)(O)c2ccoc2)no1. The maximum absolute atomic E-state index is 10.2. The van der Waals surface area contributed by atoms with Gasteiger partial charge in [-0.15, -0.1) is 0 Å². The lowest BCUT2D eigenvalue weighted by molar-refractivity contribution is 0.0925. The lowest BCUT2D eigenvalue weighted by atomic mass is 9.95. The Labute approximate surface area is 81.1 Å². The number of rotatable bonds is 2. The van der Waals surface area contributed by atoms with E-state index in [0.717, 1.165) is 0 Å². The zero-order valence-electron chi connectivity index (χ0n) is 8.02. The van der Waals surface area contributed by atoms with Crippen LogP contribution in [-0.4, -0.2) is 10.3 Å². The second kappa shape index (κ2) is 2.99. The highest BCUT2D eigenvalue weighted by Crippen LogP contribution is 2.28. The molecule has 0 spiro atoms. The molecule has 2 rings (SSSR count). The molecule has 1 atom stereocenters. The average Bonchev–Trinajstić information content (AvgIpc) is 2.72. The van der Waals surface area contributed by atoms with Crippen molar-refractivity contribution in [2.24, 2.45) is 0 Å². The van der Waals surface area contributed by atoms with Crippen LogP contribution in [0.15, 0.2) is 33.6 Å². The summed E-state index contributed by atoms with van der Waals surface area (Å²) in [6.07, 6.45) is 3.00. The molecule has 14 heavy (non-hydrogen) atoms. The number of hydrogen-bond acceptors (Lipinski definition) is 4. The normalized spacial score (nSPS) is 15.4. The van der Waals surface area contributed by atoms with E-state index in [1.54, 1.807) is 26.0 Å². The van der Waals surface area contributed by atoms with Crippen LogP contribution in [0, 0.1) is 6.92 Å². The quantitative estimate of drug-likeness (QED) is 0.790. The van der Waals surface area contributed by atoms with E-state index in [9.17, 15) is 5.11 Å². The molecule has 0 aliphatic rings. The average molecular weight is 193 g/mol. The van der Waals surface area contributed by atoms with Crippen molar-refractivity contribution in [3.8, 4) is 0 Å². The molecule has 4 nitrogen and oxygen atoms in total. The number of hydrogen-bond donors (Lipinski definition) is 1. The summed E-state index contributed by atoms with van der Waals surface area (Å²) < 4.78 is 9.82. The van der Waals surface area contributed by atoms with Gasteiger partial charge in [0, 0.05) is 11.6 Å². The summed E-state index contributed by atoms with van der Waals surface area (Å²) in [5, 5.41) is 14.0. The number of nitrogens with zero attached hydrogens (tertiary/aromatic N) is 1. The molecule has 1 N–H and O–H groups in total. The molecule has 1 unspecified atom stereocenters. The third-order valence-electron chi connectivity index (χ3n) is 2.21. The Morgan fingerprint density at radius 3 is 2.79 bits per heavy atom. The second-order valence-electron chi connectivity index (χ2n) is 3.41. The van der Waals surface area contributed by atoms with Crippen molar-refractivity contribution in [1.29, 1.82) is 0 Å². The Morgan fingerprint density at radius 1 is 1.50 bits per heavy atom. The number of aromatic nitrogens is 1. The second-order valence-corrected chi connectivity index (χ2v) is 3.41. The minimum absolute atomic E-state index is 0.483. The summed E-state index contributed by atoms with van der Waals surface area (Å²) in [6, 6.07) is 3.40. The summed E-state index contributed by atoms with van der Waals surface area (Å²) in [6.45, 7) is 3.43. The van der Waals surface area contributed by atoms with E-state index in [1.807, 2.05) is 0 Å². The maximum atomic E-state index is 10.2. The van der Waals surface area contributed by atoms with Gasteiger partial charge in [0.15, 0.2) is 0 Å². The van der Waals surface area contributed by atoms with Gasteiger partial charge in [-0.1, -0.05) is 5.16 Å². The molecular weight excluding hydrogens is 182 g/mol. The molecule has 0 amide bonds. The Hall–Kier alpha value is -1.55. The molecule has 0 fully saturated rings. The van der Waals surface area contributed by atoms with Gasteiger partial charge in [-0.3, -0.25) is 0 Å². The van der Waals surface area contributed by atoms with Gasteiger partial charge < -0.3 is 14.0 Å². The minimum atomic E-state index is -1.16. The van der Waals surface area contributed by atoms with Crippen LogP contribution in [0.5, 0.6) is 0 Å². The van der Waals surface area contributed by atoms with Gasteiger partial charge in [0.25, 0.3) is 0 Å². The first-order valence-electron chi connectivity index (χ1n) is 4.29. The van der Waals surface area contributed by atoms with E-state index < -0.39 is 5.60 Å². The van der Waals surface area contributed by atoms with Crippen molar-refractivity contribution in [2.45, 2.75) is 19.4 Å². The molecule has 0 saturated heterocycles. The third-order valence-corrected chi connectivity index (χ3v) is 2.21. The van der Waals surface area contributed by atoms with Crippen molar-refractivity contribution in [3.63, 3.8) is 0 Å². The first kappa shape index (κ1) is 9.02. The van der Waals surface area contributed by atoms with Gasteiger partial charge in [0.2, 0.25) is 0 Å². The molecule has 2 heterocycles. The molecular formula is C10H11NO3. The van der Waals surface area contributed by atoms with Crippen LogP contribution in [0.25, 0.3) is 0 Å². The maximum Gasteiger partial charge on any atom is 0.135 e. The van der Waals surface area contributed by atoms with Gasteiger partial charge in [0.05, 0.1) is 12.5 Å². The largest absolute Gasteiger partial charge is 0.472 e. The van der Waals surface area contributed by atoms with E-state index in [-0.39, 0.29) is 0 Å². The van der Waals surface area contributed by atoms with E-state index in [1.165, 1.54) is 12.5 Å². The molecule has 2 aromatic rings. The zero-order valence-corrected chi connectivity index (χ0v) is 8.02. The lowest BCUT2D eigenvalue weighted by Crippen LogP contribution is -2.22. The Bertz CT molecular complexity index is 414. The first-order valence-corrected chi connectivity index (χ1v) is 4.29. The molecule has 4 heteroatoms. The van der Waals surface area contributed by atoms with Gasteiger partial charge in [-0.05, 0) is 19.9 Å². The van der Waals surface area contributed by atoms with E-state index in [0.29, 0.717) is 17.0 Å². The summed E-state index contributed by atoms with van der Waals surface area (Å²) >= 11 is 0. The molecule has 0 aromatic carbocycles. The Balaban J connectivity index is 2.42. The van der Waals surface area contributed by atoms with Crippen LogP contribution in [-0.2, 0) is 5.60 Å². The molecule has 74 valence electrons. The predicted molar refractivity (Wildman–Crippen MR) is 48.6 cm³/mol. The van der Waals surface area contributed by atoms with E-state index in [4.69, 9.17) is 8.94 Å². The fourth-order valence-corrected chi connectivity index (χ4v) is 1.29.